The van der Waals surface area contributed by atoms with Crippen LogP contribution in [-0.4, -0.2) is 44.8 Å². The minimum atomic E-state index is -3.37. The van der Waals surface area contributed by atoms with Crippen molar-refractivity contribution in [1.82, 2.24) is 4.37 Å². The molecule has 2 unspecified atom stereocenters. The lowest BCUT2D eigenvalue weighted by Gasteiger charge is -2.36. The van der Waals surface area contributed by atoms with E-state index in [4.69, 9.17) is 10.5 Å². The van der Waals surface area contributed by atoms with Crippen molar-refractivity contribution in [3.63, 3.8) is 0 Å². The SMILES string of the molecule is CCCS(=O)(=O)c1c(N)nsc1N1CCC(C)C(OC)C1. The Kier molecular flexibility index (Phi) is 5.11. The van der Waals surface area contributed by atoms with Crippen LogP contribution >= 0.6 is 11.5 Å². The topological polar surface area (TPSA) is 85.5 Å². The molecule has 8 heteroatoms. The third kappa shape index (κ3) is 3.32. The summed E-state index contributed by atoms with van der Waals surface area (Å²) in [5.74, 6) is 0.684. The first-order valence-electron chi connectivity index (χ1n) is 7.16. The highest BCUT2D eigenvalue weighted by atomic mass is 32.2. The molecule has 1 saturated heterocycles. The Labute approximate surface area is 130 Å². The number of nitrogens with two attached hydrogens (primary N) is 1. The van der Waals surface area contributed by atoms with E-state index < -0.39 is 9.84 Å². The van der Waals surface area contributed by atoms with E-state index in [0.717, 1.165) is 13.0 Å². The van der Waals surface area contributed by atoms with Crippen LogP contribution in [0.15, 0.2) is 4.90 Å². The van der Waals surface area contributed by atoms with Crippen LogP contribution < -0.4 is 10.6 Å². The Bertz CT molecular complexity index is 585. The highest BCUT2D eigenvalue weighted by Gasteiger charge is 2.32. The van der Waals surface area contributed by atoms with Crippen molar-refractivity contribution in [3.05, 3.63) is 0 Å². The maximum absolute atomic E-state index is 12.4. The molecule has 2 atom stereocenters. The molecule has 2 heterocycles. The third-order valence-corrected chi connectivity index (χ3v) is 6.94. The van der Waals surface area contributed by atoms with Gasteiger partial charge in [0.05, 0.1) is 11.9 Å². The lowest BCUT2D eigenvalue weighted by Crippen LogP contribution is -2.44. The van der Waals surface area contributed by atoms with Crippen LogP contribution in [0.4, 0.5) is 10.8 Å². The molecule has 0 aromatic carbocycles. The van der Waals surface area contributed by atoms with Gasteiger partial charge in [-0.3, -0.25) is 0 Å². The third-order valence-electron chi connectivity index (χ3n) is 3.92. The van der Waals surface area contributed by atoms with Gasteiger partial charge in [0, 0.05) is 20.2 Å². The molecule has 1 aliphatic rings. The first kappa shape index (κ1) is 16.5. The Morgan fingerprint density at radius 3 is 2.86 bits per heavy atom. The van der Waals surface area contributed by atoms with Crippen molar-refractivity contribution in [2.45, 2.75) is 37.7 Å². The quantitative estimate of drug-likeness (QED) is 0.884. The van der Waals surface area contributed by atoms with Crippen molar-refractivity contribution in [2.24, 2.45) is 5.92 Å². The molecule has 0 amide bonds. The van der Waals surface area contributed by atoms with E-state index in [-0.39, 0.29) is 22.6 Å². The number of rotatable bonds is 5. The molecule has 1 aromatic heterocycles. The molecule has 1 fully saturated rings. The van der Waals surface area contributed by atoms with Crippen molar-refractivity contribution < 1.29 is 13.2 Å². The summed E-state index contributed by atoms with van der Waals surface area (Å²) in [7, 11) is -1.68. The van der Waals surface area contributed by atoms with Gasteiger partial charge in [0.2, 0.25) is 0 Å². The van der Waals surface area contributed by atoms with Gasteiger partial charge < -0.3 is 15.4 Å². The van der Waals surface area contributed by atoms with Gasteiger partial charge in [-0.1, -0.05) is 13.8 Å². The van der Waals surface area contributed by atoms with Crippen molar-refractivity contribution in [2.75, 3.05) is 36.6 Å². The summed E-state index contributed by atoms with van der Waals surface area (Å²) >= 11 is 1.17. The van der Waals surface area contributed by atoms with Crippen molar-refractivity contribution in [3.8, 4) is 0 Å². The zero-order valence-corrected chi connectivity index (χ0v) is 14.3. The highest BCUT2D eigenvalue weighted by molar-refractivity contribution is 7.91. The van der Waals surface area contributed by atoms with Crippen LogP contribution in [0.1, 0.15) is 26.7 Å². The van der Waals surface area contributed by atoms with Crippen LogP contribution in [-0.2, 0) is 14.6 Å². The number of sulfone groups is 1. The maximum Gasteiger partial charge on any atom is 0.185 e. The van der Waals surface area contributed by atoms with E-state index in [1.807, 2.05) is 11.8 Å². The number of aromatic nitrogens is 1. The average Bonchev–Trinajstić information content (AvgIpc) is 2.82. The summed E-state index contributed by atoms with van der Waals surface area (Å²) in [6.45, 7) is 5.48. The van der Waals surface area contributed by atoms with Gasteiger partial charge in [0.25, 0.3) is 0 Å². The Balaban J connectivity index is 2.33. The number of nitrogens with zero attached hydrogens (tertiary/aromatic N) is 2. The summed E-state index contributed by atoms with van der Waals surface area (Å²) in [5.41, 5.74) is 5.82. The first-order chi connectivity index (χ1) is 9.90. The number of hydrogen-bond donors (Lipinski definition) is 1. The van der Waals surface area contributed by atoms with E-state index in [9.17, 15) is 8.42 Å². The summed E-state index contributed by atoms with van der Waals surface area (Å²) in [6, 6.07) is 0. The van der Waals surface area contributed by atoms with E-state index in [1.54, 1.807) is 7.11 Å². The largest absolute Gasteiger partial charge is 0.382 e. The minimum Gasteiger partial charge on any atom is -0.382 e. The summed E-state index contributed by atoms with van der Waals surface area (Å²) in [4.78, 5) is 2.25. The van der Waals surface area contributed by atoms with Gasteiger partial charge in [-0.2, -0.15) is 4.37 Å². The molecule has 0 spiro atoms. The van der Waals surface area contributed by atoms with Crippen LogP contribution in [0.25, 0.3) is 0 Å². The van der Waals surface area contributed by atoms with E-state index in [0.29, 0.717) is 23.9 Å². The van der Waals surface area contributed by atoms with Crippen LogP contribution in [0.3, 0.4) is 0 Å². The highest BCUT2D eigenvalue weighted by Crippen LogP contribution is 2.37. The maximum atomic E-state index is 12.4. The molecule has 120 valence electrons. The van der Waals surface area contributed by atoms with Crippen LogP contribution in [0, 0.1) is 5.92 Å². The molecule has 21 heavy (non-hydrogen) atoms. The van der Waals surface area contributed by atoms with Gasteiger partial charge >= 0.3 is 0 Å². The first-order valence-corrected chi connectivity index (χ1v) is 9.59. The Hall–Kier alpha value is -0.860. The molecule has 6 nitrogen and oxygen atoms in total. The van der Waals surface area contributed by atoms with Crippen LogP contribution in [0.5, 0.6) is 0 Å². The molecule has 0 aliphatic carbocycles. The molecule has 1 aliphatic heterocycles. The summed E-state index contributed by atoms with van der Waals surface area (Å²) < 4.78 is 34.4. The molecular weight excluding hydrogens is 310 g/mol. The number of ether oxygens (including phenoxy) is 1. The van der Waals surface area contributed by atoms with Crippen molar-refractivity contribution >= 4 is 32.2 Å². The molecule has 0 bridgehead atoms. The lowest BCUT2D eigenvalue weighted by atomic mass is 9.96. The second kappa shape index (κ2) is 6.50. The normalized spacial score (nSPS) is 23.5. The molecule has 0 saturated carbocycles. The monoisotopic (exact) mass is 333 g/mol. The molecule has 2 rings (SSSR count). The second-order valence-electron chi connectivity index (χ2n) is 5.51. The predicted molar refractivity (Wildman–Crippen MR) is 85.7 cm³/mol. The number of anilines is 2. The molecule has 1 aromatic rings. The number of nitrogen functional groups attached to an aromatic ring is 1. The average molecular weight is 333 g/mol. The fourth-order valence-electron chi connectivity index (χ4n) is 2.67. The lowest BCUT2D eigenvalue weighted by molar-refractivity contribution is 0.0499. The number of methoxy groups -OCH3 is 1. The summed E-state index contributed by atoms with van der Waals surface area (Å²) in [5, 5.41) is 0.662. The second-order valence-corrected chi connectivity index (χ2v) is 8.30. The smallest absolute Gasteiger partial charge is 0.185 e. The Morgan fingerprint density at radius 2 is 2.24 bits per heavy atom. The van der Waals surface area contributed by atoms with E-state index in [2.05, 4.69) is 11.3 Å². The molecular formula is C13H23N3O3S2. The predicted octanol–water partition coefficient (Wildman–Crippen LogP) is 1.77. The summed E-state index contributed by atoms with van der Waals surface area (Å²) in [6.07, 6.45) is 1.63. The number of hydrogen-bond acceptors (Lipinski definition) is 7. The Morgan fingerprint density at radius 1 is 1.52 bits per heavy atom. The van der Waals surface area contributed by atoms with Crippen LogP contribution in [0.2, 0.25) is 0 Å². The number of piperidine rings is 1. The molecule has 0 radical (unpaired) electrons. The van der Waals surface area contributed by atoms with Gasteiger partial charge in [0.15, 0.2) is 15.7 Å². The van der Waals surface area contributed by atoms with E-state index >= 15 is 0 Å². The molecule has 2 N–H and O–H groups in total. The van der Waals surface area contributed by atoms with Gasteiger partial charge in [-0.15, -0.1) is 0 Å². The zero-order valence-electron chi connectivity index (χ0n) is 12.7. The van der Waals surface area contributed by atoms with Crippen molar-refractivity contribution in [1.29, 1.82) is 0 Å². The zero-order chi connectivity index (χ0) is 15.6. The fourth-order valence-corrected chi connectivity index (χ4v) is 5.47. The fraction of sp³-hybridized carbons (Fsp3) is 0.769. The van der Waals surface area contributed by atoms with Gasteiger partial charge in [0.1, 0.15) is 9.90 Å². The minimum absolute atomic E-state index is 0.0978. The van der Waals surface area contributed by atoms with Gasteiger partial charge in [-0.05, 0) is 30.3 Å². The standard InChI is InChI=1S/C13H23N3O3S2/c1-4-7-21(17,18)11-12(14)15-20-13(11)16-6-5-9(2)10(8-16)19-3/h9-10H,4-8H2,1-3H3,(H2,14,15). The van der Waals surface area contributed by atoms with Gasteiger partial charge in [-0.25, -0.2) is 8.42 Å². The van der Waals surface area contributed by atoms with E-state index in [1.165, 1.54) is 11.5 Å².